The first-order valence-corrected chi connectivity index (χ1v) is 10.8. The first-order chi connectivity index (χ1) is 14.7. The van der Waals surface area contributed by atoms with Gasteiger partial charge >= 0.3 is 0 Å². The average Bonchev–Trinajstić information content (AvgIpc) is 3.44. The third-order valence-corrected chi connectivity index (χ3v) is 6.81. The number of aromatic nitrogens is 4. The summed E-state index contributed by atoms with van der Waals surface area (Å²) in [6, 6.07) is 14.5. The van der Waals surface area contributed by atoms with Gasteiger partial charge in [0.15, 0.2) is 0 Å². The molecule has 1 aromatic carbocycles. The van der Waals surface area contributed by atoms with Crippen LogP contribution in [0, 0.1) is 6.92 Å². The molecule has 0 radical (unpaired) electrons. The van der Waals surface area contributed by atoms with Crippen molar-refractivity contribution in [1.29, 1.82) is 0 Å². The van der Waals surface area contributed by atoms with E-state index in [0.717, 1.165) is 50.1 Å². The summed E-state index contributed by atoms with van der Waals surface area (Å²) in [6.45, 7) is 1.86. The SMILES string of the molecule is Cc1ncc(-c2csc3ccn(C4CC4c4ccc5ccccc5n4)c(=O)c23)cn1. The lowest BCUT2D eigenvalue weighted by molar-refractivity contribution is 0.688. The summed E-state index contributed by atoms with van der Waals surface area (Å²) >= 11 is 1.59. The number of hydrogen-bond donors (Lipinski definition) is 0. The van der Waals surface area contributed by atoms with Crippen LogP contribution in [0.25, 0.3) is 32.1 Å². The van der Waals surface area contributed by atoms with Gasteiger partial charge in [-0.3, -0.25) is 9.78 Å². The number of benzene rings is 1. The highest BCUT2D eigenvalue weighted by Crippen LogP contribution is 2.50. The lowest BCUT2D eigenvalue weighted by Crippen LogP contribution is -2.18. The van der Waals surface area contributed by atoms with E-state index in [4.69, 9.17) is 4.98 Å². The molecule has 30 heavy (non-hydrogen) atoms. The number of fused-ring (bicyclic) bond motifs is 2. The van der Waals surface area contributed by atoms with Crippen molar-refractivity contribution in [3.05, 3.63) is 88.3 Å². The monoisotopic (exact) mass is 410 g/mol. The summed E-state index contributed by atoms with van der Waals surface area (Å²) in [4.78, 5) is 26.9. The molecule has 0 saturated heterocycles. The van der Waals surface area contributed by atoms with Crippen molar-refractivity contribution in [2.45, 2.75) is 25.3 Å². The van der Waals surface area contributed by atoms with E-state index in [1.54, 1.807) is 23.7 Å². The predicted molar refractivity (Wildman–Crippen MR) is 120 cm³/mol. The number of aryl methyl sites for hydroxylation is 1. The minimum Gasteiger partial charge on any atom is -0.311 e. The number of nitrogens with zero attached hydrogens (tertiary/aromatic N) is 4. The van der Waals surface area contributed by atoms with Gasteiger partial charge in [0.2, 0.25) is 0 Å². The second kappa shape index (κ2) is 6.57. The van der Waals surface area contributed by atoms with Crippen LogP contribution in [-0.2, 0) is 0 Å². The van der Waals surface area contributed by atoms with E-state index in [9.17, 15) is 4.79 Å². The topological polar surface area (TPSA) is 60.7 Å². The van der Waals surface area contributed by atoms with Crippen LogP contribution in [0.2, 0.25) is 0 Å². The molecule has 2 atom stereocenters. The Labute approximate surface area is 176 Å². The molecule has 1 aliphatic carbocycles. The highest BCUT2D eigenvalue weighted by molar-refractivity contribution is 7.17. The van der Waals surface area contributed by atoms with Crippen molar-refractivity contribution in [3.8, 4) is 11.1 Å². The Morgan fingerprint density at radius 3 is 2.77 bits per heavy atom. The van der Waals surface area contributed by atoms with Gasteiger partial charge in [-0.1, -0.05) is 24.3 Å². The quantitative estimate of drug-likeness (QED) is 0.415. The van der Waals surface area contributed by atoms with Crippen molar-refractivity contribution in [2.24, 2.45) is 0 Å². The molecule has 0 aliphatic heterocycles. The molecule has 0 N–H and O–H groups in total. The number of pyridine rings is 2. The maximum absolute atomic E-state index is 13.4. The van der Waals surface area contributed by atoms with Gasteiger partial charge in [-0.15, -0.1) is 11.3 Å². The fourth-order valence-corrected chi connectivity index (χ4v) is 5.11. The van der Waals surface area contributed by atoms with E-state index in [-0.39, 0.29) is 17.5 Å². The Kier molecular flexibility index (Phi) is 3.83. The van der Waals surface area contributed by atoms with Crippen molar-refractivity contribution < 1.29 is 0 Å². The fourth-order valence-electron chi connectivity index (χ4n) is 4.16. The van der Waals surface area contributed by atoms with E-state index in [1.165, 1.54) is 0 Å². The summed E-state index contributed by atoms with van der Waals surface area (Å²) < 4.78 is 2.88. The van der Waals surface area contributed by atoms with Gasteiger partial charge in [-0.25, -0.2) is 9.97 Å². The van der Waals surface area contributed by atoms with Gasteiger partial charge in [0.05, 0.1) is 10.9 Å². The standard InChI is InChI=1S/C24H18N4OS/c1-14-25-11-16(12-26-14)18-13-30-22-8-9-28(24(29)23(18)22)21-10-17(21)20-7-6-15-4-2-3-5-19(15)27-20/h2-9,11-13,17,21H,10H2,1H3. The molecule has 0 spiro atoms. The minimum absolute atomic E-state index is 0.0533. The van der Waals surface area contributed by atoms with Gasteiger partial charge in [-0.2, -0.15) is 0 Å². The zero-order valence-electron chi connectivity index (χ0n) is 16.3. The molecule has 5 nitrogen and oxygen atoms in total. The van der Waals surface area contributed by atoms with E-state index in [1.807, 2.05) is 47.3 Å². The zero-order valence-corrected chi connectivity index (χ0v) is 17.1. The molecular formula is C24H18N4OS. The first kappa shape index (κ1) is 17.5. The first-order valence-electron chi connectivity index (χ1n) is 9.96. The second-order valence-corrected chi connectivity index (χ2v) is 8.69. The third-order valence-electron chi connectivity index (χ3n) is 5.86. The van der Waals surface area contributed by atoms with E-state index < -0.39 is 0 Å². The van der Waals surface area contributed by atoms with Crippen molar-refractivity contribution >= 4 is 32.3 Å². The normalized spacial score (nSPS) is 18.2. The largest absolute Gasteiger partial charge is 0.311 e. The average molecular weight is 411 g/mol. The molecule has 146 valence electrons. The molecule has 2 unspecified atom stereocenters. The lowest BCUT2D eigenvalue weighted by Gasteiger charge is -2.07. The Balaban J connectivity index is 1.40. The molecular weight excluding hydrogens is 392 g/mol. The van der Waals surface area contributed by atoms with E-state index in [0.29, 0.717) is 0 Å². The summed E-state index contributed by atoms with van der Waals surface area (Å²) in [6.07, 6.45) is 6.45. The number of hydrogen-bond acceptors (Lipinski definition) is 5. The molecule has 4 heterocycles. The summed E-state index contributed by atoms with van der Waals surface area (Å²) in [5.41, 5.74) is 3.91. The smallest absolute Gasteiger partial charge is 0.260 e. The zero-order chi connectivity index (χ0) is 20.2. The van der Waals surface area contributed by atoms with Gasteiger partial charge in [-0.05, 0) is 31.5 Å². The van der Waals surface area contributed by atoms with Crippen molar-refractivity contribution in [2.75, 3.05) is 0 Å². The van der Waals surface area contributed by atoms with Gasteiger partial charge < -0.3 is 4.57 Å². The number of rotatable bonds is 3. The summed E-state index contributed by atoms with van der Waals surface area (Å²) in [7, 11) is 0. The predicted octanol–water partition coefficient (Wildman–Crippen LogP) is 5.11. The van der Waals surface area contributed by atoms with Gasteiger partial charge in [0, 0.05) is 62.8 Å². The Bertz CT molecular complexity index is 1470. The number of para-hydroxylation sites is 1. The molecule has 0 bridgehead atoms. The Morgan fingerprint density at radius 1 is 1.07 bits per heavy atom. The molecule has 1 aliphatic rings. The van der Waals surface area contributed by atoms with Crippen LogP contribution in [-0.4, -0.2) is 19.5 Å². The van der Waals surface area contributed by atoms with Crippen LogP contribution in [0.4, 0.5) is 0 Å². The van der Waals surface area contributed by atoms with Crippen LogP contribution < -0.4 is 5.56 Å². The summed E-state index contributed by atoms with van der Waals surface area (Å²) in [5, 5.41) is 3.92. The van der Waals surface area contributed by atoms with Crippen LogP contribution in [0.5, 0.6) is 0 Å². The van der Waals surface area contributed by atoms with Crippen molar-refractivity contribution in [1.82, 2.24) is 19.5 Å². The molecule has 4 aromatic heterocycles. The van der Waals surface area contributed by atoms with Crippen LogP contribution >= 0.6 is 11.3 Å². The fraction of sp³-hybridized carbons (Fsp3) is 0.167. The Hall–Kier alpha value is -3.38. The van der Waals surface area contributed by atoms with Gasteiger partial charge in [0.1, 0.15) is 5.82 Å². The lowest BCUT2D eigenvalue weighted by atomic mass is 10.1. The third kappa shape index (κ3) is 2.75. The highest BCUT2D eigenvalue weighted by Gasteiger charge is 2.41. The molecule has 6 heteroatoms. The van der Waals surface area contributed by atoms with Gasteiger partial charge in [0.25, 0.3) is 5.56 Å². The second-order valence-electron chi connectivity index (χ2n) is 7.77. The van der Waals surface area contributed by atoms with Crippen LogP contribution in [0.15, 0.2) is 71.2 Å². The molecule has 6 rings (SSSR count). The maximum atomic E-state index is 13.4. The van der Waals surface area contributed by atoms with Crippen LogP contribution in [0.3, 0.4) is 0 Å². The highest BCUT2D eigenvalue weighted by atomic mass is 32.1. The molecule has 5 aromatic rings. The summed E-state index contributed by atoms with van der Waals surface area (Å²) in [5.74, 6) is 0.994. The van der Waals surface area contributed by atoms with E-state index >= 15 is 0 Å². The van der Waals surface area contributed by atoms with E-state index in [2.05, 4.69) is 28.2 Å². The van der Waals surface area contributed by atoms with Crippen LogP contribution in [0.1, 0.15) is 29.9 Å². The molecule has 1 saturated carbocycles. The molecule has 1 fully saturated rings. The maximum Gasteiger partial charge on any atom is 0.260 e. The minimum atomic E-state index is 0.0533. The van der Waals surface area contributed by atoms with Crippen molar-refractivity contribution in [3.63, 3.8) is 0 Å². The number of thiophene rings is 1. The Morgan fingerprint density at radius 2 is 1.90 bits per heavy atom. The molecule has 0 amide bonds.